The number of para-hydroxylation sites is 1. The molecule has 2 aromatic rings. The normalized spacial score (nSPS) is 12.7. The molecule has 25 heavy (non-hydrogen) atoms. The van der Waals surface area contributed by atoms with Gasteiger partial charge in [-0.1, -0.05) is 24.3 Å². The van der Waals surface area contributed by atoms with Crippen LogP contribution in [0.25, 0.3) is 6.08 Å². The highest BCUT2D eigenvalue weighted by Crippen LogP contribution is 2.27. The molecule has 1 aliphatic rings. The molecule has 1 amide bonds. The number of benzene rings is 2. The molecular formula is C20H20FNO3. The Morgan fingerprint density at radius 1 is 1.28 bits per heavy atom. The summed E-state index contributed by atoms with van der Waals surface area (Å²) in [6.45, 7) is 2.99. The number of amides is 1. The van der Waals surface area contributed by atoms with Crippen LogP contribution in [0.1, 0.15) is 18.1 Å². The first-order valence-electron chi connectivity index (χ1n) is 8.16. The van der Waals surface area contributed by atoms with Gasteiger partial charge in [-0.25, -0.2) is 4.39 Å². The van der Waals surface area contributed by atoms with Gasteiger partial charge < -0.3 is 14.4 Å². The summed E-state index contributed by atoms with van der Waals surface area (Å²) in [7, 11) is 1.42. The summed E-state index contributed by atoms with van der Waals surface area (Å²) >= 11 is 0. The first kappa shape index (κ1) is 17.0. The van der Waals surface area contributed by atoms with Crippen LogP contribution in [-0.4, -0.2) is 31.1 Å². The molecule has 0 unspecified atom stereocenters. The van der Waals surface area contributed by atoms with Crippen LogP contribution in [0.4, 0.5) is 4.39 Å². The summed E-state index contributed by atoms with van der Waals surface area (Å²) < 4.78 is 24.5. The second kappa shape index (κ2) is 7.38. The van der Waals surface area contributed by atoms with E-state index in [-0.39, 0.29) is 18.3 Å². The van der Waals surface area contributed by atoms with Gasteiger partial charge in [0.2, 0.25) is 0 Å². The lowest BCUT2D eigenvalue weighted by Gasteiger charge is -2.25. The zero-order valence-electron chi connectivity index (χ0n) is 14.3. The topological polar surface area (TPSA) is 38.8 Å². The van der Waals surface area contributed by atoms with Crippen LogP contribution in [-0.2, 0) is 11.3 Å². The second-order valence-corrected chi connectivity index (χ2v) is 5.78. The van der Waals surface area contributed by atoms with Crippen molar-refractivity contribution in [3.8, 4) is 11.5 Å². The summed E-state index contributed by atoms with van der Waals surface area (Å²) in [5.41, 5.74) is 2.20. The third-order valence-electron chi connectivity index (χ3n) is 4.17. The van der Waals surface area contributed by atoms with Crippen LogP contribution in [0.15, 0.2) is 48.0 Å². The molecule has 0 aromatic heterocycles. The maximum atomic E-state index is 13.9. The average molecular weight is 341 g/mol. The number of nitrogens with zero attached hydrogens (tertiary/aromatic N) is 1. The Balaban J connectivity index is 1.78. The van der Waals surface area contributed by atoms with Gasteiger partial charge in [0.1, 0.15) is 12.4 Å². The van der Waals surface area contributed by atoms with Crippen molar-refractivity contribution in [3.63, 3.8) is 0 Å². The average Bonchev–Trinajstić information content (AvgIpc) is 2.65. The van der Waals surface area contributed by atoms with Crippen molar-refractivity contribution >= 4 is 12.0 Å². The van der Waals surface area contributed by atoms with Gasteiger partial charge in [0.05, 0.1) is 12.7 Å². The van der Waals surface area contributed by atoms with E-state index in [4.69, 9.17) is 9.47 Å². The molecular weight excluding hydrogens is 321 g/mol. The number of methoxy groups -OCH3 is 1. The lowest BCUT2D eigenvalue weighted by Crippen LogP contribution is -2.33. The van der Waals surface area contributed by atoms with Crippen molar-refractivity contribution in [1.29, 1.82) is 0 Å². The van der Waals surface area contributed by atoms with Crippen LogP contribution < -0.4 is 9.47 Å². The highest BCUT2D eigenvalue weighted by atomic mass is 19.1. The monoisotopic (exact) mass is 341 g/mol. The molecule has 0 radical (unpaired) electrons. The molecule has 0 saturated heterocycles. The number of carbonyl (C=O) groups excluding carboxylic acids is 1. The fraction of sp³-hybridized carbons (Fsp3) is 0.250. The van der Waals surface area contributed by atoms with Crippen molar-refractivity contribution in [3.05, 3.63) is 65.0 Å². The van der Waals surface area contributed by atoms with Gasteiger partial charge >= 0.3 is 0 Å². The van der Waals surface area contributed by atoms with Crippen LogP contribution in [0, 0.1) is 5.82 Å². The Bertz CT molecular complexity index is 816. The molecule has 0 spiro atoms. The molecule has 0 fully saturated rings. The number of hydrogen-bond acceptors (Lipinski definition) is 3. The maximum absolute atomic E-state index is 13.9. The summed E-state index contributed by atoms with van der Waals surface area (Å²) in [5, 5.41) is 0. The SMILES string of the molecule is CCN(Cc1ccc(OC)c(F)c1)C(=O)C1=Cc2ccccc2OC1. The molecule has 4 nitrogen and oxygen atoms in total. The van der Waals surface area contributed by atoms with Gasteiger partial charge in [-0.15, -0.1) is 0 Å². The fourth-order valence-electron chi connectivity index (χ4n) is 2.80. The molecule has 0 saturated carbocycles. The summed E-state index contributed by atoms with van der Waals surface area (Å²) in [6, 6.07) is 12.3. The summed E-state index contributed by atoms with van der Waals surface area (Å²) in [5.74, 6) is 0.434. The molecule has 2 aromatic carbocycles. The largest absolute Gasteiger partial charge is 0.494 e. The fourth-order valence-corrected chi connectivity index (χ4v) is 2.80. The van der Waals surface area contributed by atoms with E-state index in [1.54, 1.807) is 17.0 Å². The molecule has 0 aliphatic carbocycles. The Kier molecular flexibility index (Phi) is 5.03. The predicted molar refractivity (Wildman–Crippen MR) is 94.0 cm³/mol. The third kappa shape index (κ3) is 3.65. The smallest absolute Gasteiger partial charge is 0.253 e. The van der Waals surface area contributed by atoms with E-state index in [0.29, 0.717) is 24.2 Å². The van der Waals surface area contributed by atoms with Crippen molar-refractivity contribution in [2.24, 2.45) is 0 Å². The van der Waals surface area contributed by atoms with Crippen molar-refractivity contribution < 1.29 is 18.7 Å². The molecule has 3 rings (SSSR count). The van der Waals surface area contributed by atoms with Crippen LogP contribution >= 0.6 is 0 Å². The minimum atomic E-state index is -0.433. The molecule has 0 N–H and O–H groups in total. The van der Waals surface area contributed by atoms with Crippen molar-refractivity contribution in [2.75, 3.05) is 20.3 Å². The number of halogens is 1. The Labute approximate surface area is 146 Å². The van der Waals surface area contributed by atoms with E-state index < -0.39 is 5.82 Å². The number of ether oxygens (including phenoxy) is 2. The minimum absolute atomic E-state index is 0.103. The van der Waals surface area contributed by atoms with E-state index in [1.165, 1.54) is 13.2 Å². The lowest BCUT2D eigenvalue weighted by atomic mass is 10.1. The van der Waals surface area contributed by atoms with Crippen molar-refractivity contribution in [2.45, 2.75) is 13.5 Å². The standard InChI is InChI=1S/C20H20FNO3/c1-3-22(12-14-8-9-19(24-2)17(21)10-14)20(23)16-11-15-6-4-5-7-18(15)25-13-16/h4-11H,3,12-13H2,1-2H3. The quantitative estimate of drug-likeness (QED) is 0.833. The van der Waals surface area contributed by atoms with Crippen LogP contribution in [0.3, 0.4) is 0 Å². The van der Waals surface area contributed by atoms with Crippen LogP contribution in [0.5, 0.6) is 11.5 Å². The van der Waals surface area contributed by atoms with Gasteiger partial charge in [-0.2, -0.15) is 0 Å². The zero-order chi connectivity index (χ0) is 17.8. The van der Waals surface area contributed by atoms with E-state index >= 15 is 0 Å². The zero-order valence-corrected chi connectivity index (χ0v) is 14.3. The first-order chi connectivity index (χ1) is 12.1. The highest BCUT2D eigenvalue weighted by molar-refractivity contribution is 5.99. The first-order valence-corrected chi connectivity index (χ1v) is 8.16. The Morgan fingerprint density at radius 2 is 2.08 bits per heavy atom. The van der Waals surface area contributed by atoms with E-state index in [2.05, 4.69) is 0 Å². The summed E-state index contributed by atoms with van der Waals surface area (Å²) in [6.07, 6.45) is 1.86. The minimum Gasteiger partial charge on any atom is -0.494 e. The van der Waals surface area contributed by atoms with Gasteiger partial charge in [0, 0.05) is 18.7 Å². The van der Waals surface area contributed by atoms with Crippen LogP contribution in [0.2, 0.25) is 0 Å². The number of carbonyl (C=O) groups is 1. The predicted octanol–water partition coefficient (Wildman–Crippen LogP) is 3.66. The lowest BCUT2D eigenvalue weighted by molar-refractivity contribution is -0.127. The molecule has 0 atom stereocenters. The van der Waals surface area contributed by atoms with Gasteiger partial charge in [-0.05, 0) is 36.8 Å². The van der Waals surface area contributed by atoms with E-state index in [0.717, 1.165) is 11.3 Å². The van der Waals surface area contributed by atoms with E-state index in [9.17, 15) is 9.18 Å². The Morgan fingerprint density at radius 3 is 2.80 bits per heavy atom. The number of fused-ring (bicyclic) bond motifs is 1. The Hall–Kier alpha value is -2.82. The molecule has 1 heterocycles. The van der Waals surface area contributed by atoms with Gasteiger partial charge in [-0.3, -0.25) is 4.79 Å². The number of rotatable bonds is 5. The van der Waals surface area contributed by atoms with Gasteiger partial charge in [0.15, 0.2) is 11.6 Å². The highest BCUT2D eigenvalue weighted by Gasteiger charge is 2.21. The number of hydrogen-bond donors (Lipinski definition) is 0. The van der Waals surface area contributed by atoms with Gasteiger partial charge in [0.25, 0.3) is 5.91 Å². The van der Waals surface area contributed by atoms with Crippen molar-refractivity contribution in [1.82, 2.24) is 4.90 Å². The maximum Gasteiger partial charge on any atom is 0.253 e. The number of likely N-dealkylation sites (N-methyl/N-ethyl adjacent to an activating group) is 1. The summed E-state index contributed by atoms with van der Waals surface area (Å²) in [4.78, 5) is 14.5. The third-order valence-corrected chi connectivity index (χ3v) is 4.17. The molecule has 1 aliphatic heterocycles. The second-order valence-electron chi connectivity index (χ2n) is 5.78. The van der Waals surface area contributed by atoms with E-state index in [1.807, 2.05) is 37.3 Å². The molecule has 0 bridgehead atoms. The molecule has 130 valence electrons. The molecule has 5 heteroatoms.